The van der Waals surface area contributed by atoms with Gasteiger partial charge in [0.2, 0.25) is 35.4 Å². The maximum Gasteiger partial charge on any atom is 0.243 e. The van der Waals surface area contributed by atoms with E-state index in [4.69, 9.17) is 5.73 Å². The molecule has 0 saturated heterocycles. The van der Waals surface area contributed by atoms with Crippen LogP contribution in [0.3, 0.4) is 0 Å². The van der Waals surface area contributed by atoms with Crippen LogP contribution in [0.2, 0.25) is 0 Å². The third-order valence-corrected chi connectivity index (χ3v) is 10.6. The predicted octanol–water partition coefficient (Wildman–Crippen LogP) is 4.49. The van der Waals surface area contributed by atoms with Gasteiger partial charge in [-0.25, -0.2) is 0 Å². The maximum atomic E-state index is 13.9. The Morgan fingerprint density at radius 1 is 0.567 bits per heavy atom. The fourth-order valence-corrected chi connectivity index (χ4v) is 7.46. The van der Waals surface area contributed by atoms with Crippen LogP contribution < -0.4 is 32.3 Å². The standard InChI is InChI=1S/C47H62N6O7/c1-6-15-36(45(58)53-39(44(48)57)26-32-21-13-19-30-17-9-11-23-34(30)32)49-43(56)28-41(54)38(25-29(4)5)52-46(59)37(16-7-2)51-47(60)40(50-42(55)8-3)27-33-22-14-20-31-18-10-12-24-35(31)33/h9-14,17-24,29,36-41,54H,6-8,15-16,25-28H2,1-5H3,(H2,48,57)(H,49,56)(H,50,55)(H,51,60)(H,52,59)(H,53,58)/t36-,37-,38?,39-,40-,41?/m0/s1. The van der Waals surface area contributed by atoms with E-state index >= 15 is 0 Å². The number of carbonyl (C=O) groups is 6. The first-order chi connectivity index (χ1) is 28.7. The molecule has 2 unspecified atom stereocenters. The van der Waals surface area contributed by atoms with Crippen molar-refractivity contribution in [3.63, 3.8) is 0 Å². The summed E-state index contributed by atoms with van der Waals surface area (Å²) in [6, 6.07) is 22.1. The summed E-state index contributed by atoms with van der Waals surface area (Å²) in [5.41, 5.74) is 7.44. The lowest BCUT2D eigenvalue weighted by atomic mass is 9.96. The van der Waals surface area contributed by atoms with Gasteiger partial charge in [0.15, 0.2) is 0 Å². The molecule has 13 nitrogen and oxygen atoms in total. The number of nitrogens with two attached hydrogens (primary N) is 1. The minimum Gasteiger partial charge on any atom is -0.390 e. The molecule has 0 radical (unpaired) electrons. The lowest BCUT2D eigenvalue weighted by Gasteiger charge is -2.29. The van der Waals surface area contributed by atoms with E-state index in [1.54, 1.807) is 6.92 Å². The Kier molecular flexibility index (Phi) is 18.0. The molecule has 0 spiro atoms. The molecule has 0 aliphatic heterocycles. The van der Waals surface area contributed by atoms with Crippen LogP contribution in [0.25, 0.3) is 21.5 Å². The number of amides is 6. The molecule has 6 amide bonds. The number of primary amides is 1. The second kappa shape index (κ2) is 23.1. The Hall–Kier alpha value is -5.82. The smallest absolute Gasteiger partial charge is 0.243 e. The molecule has 0 fully saturated rings. The highest BCUT2D eigenvalue weighted by Gasteiger charge is 2.32. The monoisotopic (exact) mass is 822 g/mol. The van der Waals surface area contributed by atoms with Gasteiger partial charge in [-0.3, -0.25) is 28.8 Å². The van der Waals surface area contributed by atoms with Gasteiger partial charge in [-0.05, 0) is 57.9 Å². The van der Waals surface area contributed by atoms with Gasteiger partial charge in [0.25, 0.3) is 0 Å². The average molecular weight is 823 g/mol. The molecule has 6 atom stereocenters. The molecule has 0 aliphatic rings. The molecule has 0 heterocycles. The van der Waals surface area contributed by atoms with Gasteiger partial charge < -0.3 is 37.4 Å². The molecule has 4 rings (SSSR count). The molecule has 0 saturated carbocycles. The number of fused-ring (bicyclic) bond motifs is 2. The SMILES string of the molecule is CCC[C@H](NC(=O)CC(O)C(CC(C)C)NC(=O)[C@H](CCC)NC(=O)[C@H](Cc1cccc2ccccc12)NC(=O)CC)C(=O)N[C@@H](Cc1cccc2ccccc12)C(N)=O. The summed E-state index contributed by atoms with van der Waals surface area (Å²) >= 11 is 0. The van der Waals surface area contributed by atoms with E-state index in [1.807, 2.05) is 113 Å². The zero-order chi connectivity index (χ0) is 43.8. The van der Waals surface area contributed by atoms with Crippen LogP contribution in [0.1, 0.15) is 90.7 Å². The van der Waals surface area contributed by atoms with Crippen molar-refractivity contribution in [3.8, 4) is 0 Å². The minimum absolute atomic E-state index is 0.00708. The van der Waals surface area contributed by atoms with Gasteiger partial charge in [-0.2, -0.15) is 0 Å². The molecule has 13 heteroatoms. The number of nitrogens with one attached hydrogen (secondary N) is 5. The lowest BCUT2D eigenvalue weighted by molar-refractivity contribution is -0.133. The van der Waals surface area contributed by atoms with Crippen LogP contribution in [0.4, 0.5) is 0 Å². The summed E-state index contributed by atoms with van der Waals surface area (Å²) in [7, 11) is 0. The molecule has 0 bridgehead atoms. The van der Waals surface area contributed by atoms with Crippen LogP contribution in [0, 0.1) is 5.92 Å². The van der Waals surface area contributed by atoms with Gasteiger partial charge in [-0.15, -0.1) is 0 Å². The number of hydrogen-bond acceptors (Lipinski definition) is 7. The summed E-state index contributed by atoms with van der Waals surface area (Å²) in [5, 5.41) is 29.3. The third kappa shape index (κ3) is 13.6. The van der Waals surface area contributed by atoms with Crippen LogP contribution in [-0.4, -0.2) is 76.9 Å². The number of rotatable bonds is 23. The molecule has 0 aliphatic carbocycles. The van der Waals surface area contributed by atoms with Gasteiger partial charge in [0, 0.05) is 19.3 Å². The van der Waals surface area contributed by atoms with Crippen molar-refractivity contribution in [2.24, 2.45) is 11.7 Å². The lowest BCUT2D eigenvalue weighted by Crippen LogP contribution is -2.57. The quantitative estimate of drug-likeness (QED) is 0.0570. The first-order valence-electron chi connectivity index (χ1n) is 21.1. The summed E-state index contributed by atoms with van der Waals surface area (Å²) in [6.07, 6.45) is 0.703. The highest BCUT2D eigenvalue weighted by molar-refractivity contribution is 5.94. The van der Waals surface area contributed by atoms with Crippen molar-refractivity contribution in [3.05, 3.63) is 96.1 Å². The molecular weight excluding hydrogens is 761 g/mol. The molecule has 322 valence electrons. The molecule has 0 aromatic heterocycles. The second-order valence-electron chi connectivity index (χ2n) is 15.9. The number of hydrogen-bond donors (Lipinski definition) is 7. The number of carbonyl (C=O) groups excluding carboxylic acids is 6. The van der Waals surface area contributed by atoms with E-state index in [1.165, 1.54) is 0 Å². The molecule has 4 aromatic carbocycles. The van der Waals surface area contributed by atoms with Crippen molar-refractivity contribution < 1.29 is 33.9 Å². The zero-order valence-corrected chi connectivity index (χ0v) is 35.5. The summed E-state index contributed by atoms with van der Waals surface area (Å²) in [6.45, 7) is 9.26. The fraction of sp³-hybridized carbons (Fsp3) is 0.447. The van der Waals surface area contributed by atoms with Crippen LogP contribution in [-0.2, 0) is 41.6 Å². The Morgan fingerprint density at radius 3 is 1.53 bits per heavy atom. The first kappa shape index (κ1) is 46.9. The van der Waals surface area contributed by atoms with E-state index < -0.39 is 72.3 Å². The van der Waals surface area contributed by atoms with Gasteiger partial charge >= 0.3 is 0 Å². The van der Waals surface area contributed by atoms with Crippen molar-refractivity contribution in [1.29, 1.82) is 0 Å². The van der Waals surface area contributed by atoms with Gasteiger partial charge in [0.05, 0.1) is 18.6 Å². The Bertz CT molecular complexity index is 2090. The average Bonchev–Trinajstić information content (AvgIpc) is 3.22. The van der Waals surface area contributed by atoms with Crippen LogP contribution in [0.15, 0.2) is 84.9 Å². The van der Waals surface area contributed by atoms with Crippen molar-refractivity contribution in [2.45, 2.75) is 129 Å². The Morgan fingerprint density at radius 2 is 1.02 bits per heavy atom. The summed E-state index contributed by atoms with van der Waals surface area (Å²) in [5.74, 6) is -3.27. The number of aliphatic hydroxyl groups is 1. The maximum absolute atomic E-state index is 13.9. The number of benzene rings is 4. The molecule has 8 N–H and O–H groups in total. The summed E-state index contributed by atoms with van der Waals surface area (Å²) < 4.78 is 0. The largest absolute Gasteiger partial charge is 0.390 e. The number of aliphatic hydroxyl groups excluding tert-OH is 1. The fourth-order valence-electron chi connectivity index (χ4n) is 7.46. The zero-order valence-electron chi connectivity index (χ0n) is 35.5. The molecule has 60 heavy (non-hydrogen) atoms. The molecular formula is C47H62N6O7. The van der Waals surface area contributed by atoms with Crippen molar-refractivity contribution >= 4 is 57.0 Å². The van der Waals surface area contributed by atoms with E-state index in [0.29, 0.717) is 19.3 Å². The summed E-state index contributed by atoms with van der Waals surface area (Å²) in [4.78, 5) is 79.8. The third-order valence-electron chi connectivity index (χ3n) is 10.6. The Labute approximate surface area is 353 Å². The normalized spacial score (nSPS) is 14.3. The first-order valence-corrected chi connectivity index (χ1v) is 21.1. The highest BCUT2D eigenvalue weighted by Crippen LogP contribution is 2.22. The van der Waals surface area contributed by atoms with Gasteiger partial charge in [-0.1, -0.05) is 132 Å². The van der Waals surface area contributed by atoms with Crippen molar-refractivity contribution in [2.75, 3.05) is 0 Å². The topological polar surface area (TPSA) is 209 Å². The van der Waals surface area contributed by atoms with Crippen LogP contribution in [0.5, 0.6) is 0 Å². The van der Waals surface area contributed by atoms with E-state index in [9.17, 15) is 33.9 Å². The second-order valence-corrected chi connectivity index (χ2v) is 15.9. The van der Waals surface area contributed by atoms with E-state index in [2.05, 4.69) is 26.6 Å². The predicted molar refractivity (Wildman–Crippen MR) is 234 cm³/mol. The van der Waals surface area contributed by atoms with Gasteiger partial charge in [0.1, 0.15) is 24.2 Å². The van der Waals surface area contributed by atoms with Crippen LogP contribution >= 0.6 is 0 Å². The highest BCUT2D eigenvalue weighted by atomic mass is 16.3. The van der Waals surface area contributed by atoms with Crippen molar-refractivity contribution in [1.82, 2.24) is 26.6 Å². The minimum atomic E-state index is -1.34. The van der Waals surface area contributed by atoms with E-state index in [0.717, 1.165) is 32.7 Å². The Balaban J connectivity index is 1.43. The molecule has 4 aromatic rings. The van der Waals surface area contributed by atoms with E-state index in [-0.39, 0.29) is 43.9 Å².